The predicted molar refractivity (Wildman–Crippen MR) is 104 cm³/mol. The third-order valence-electron chi connectivity index (χ3n) is 4.50. The lowest BCUT2D eigenvalue weighted by Crippen LogP contribution is -2.44. The van der Waals surface area contributed by atoms with Gasteiger partial charge < -0.3 is 5.11 Å². The molecule has 0 spiro atoms. The third kappa shape index (κ3) is 3.91. The first-order valence-corrected chi connectivity index (χ1v) is 9.24. The molecule has 140 valence electrons. The number of carbonyl (C=O) groups is 1. The summed E-state index contributed by atoms with van der Waals surface area (Å²) >= 11 is 3.36. The Balaban J connectivity index is 1.86. The number of benzene rings is 2. The average molecular weight is 432 g/mol. The summed E-state index contributed by atoms with van der Waals surface area (Å²) in [6.45, 7) is 1.92. The Bertz CT molecular complexity index is 896. The molecule has 0 aliphatic carbocycles. The maximum absolute atomic E-state index is 12.9. The summed E-state index contributed by atoms with van der Waals surface area (Å²) in [6.07, 6.45) is 0.856. The van der Waals surface area contributed by atoms with Crippen LogP contribution in [-0.4, -0.2) is 26.7 Å². The van der Waals surface area contributed by atoms with Gasteiger partial charge in [0, 0.05) is 34.3 Å². The fraction of sp³-hybridized carbons (Fsp3) is 0.263. The van der Waals surface area contributed by atoms with Crippen molar-refractivity contribution in [3.8, 4) is 0 Å². The molecule has 1 aliphatic heterocycles. The quantitative estimate of drug-likeness (QED) is 0.575. The average Bonchev–Trinajstić information content (AvgIpc) is 3.01. The number of hydrogen-bond donors (Lipinski definition) is 1. The van der Waals surface area contributed by atoms with Crippen molar-refractivity contribution in [2.24, 2.45) is 5.10 Å². The standard InChI is InChI=1S/C19H18BrN3O4/c1-2-16-12-19(25,14-5-7-15(20)8-6-14)22(21-16)18(24)11-13-3-9-17(10-4-13)23(26)27/h3-10,25H,2,11-12H2,1H3/t19-/m0/s1. The van der Waals surface area contributed by atoms with Gasteiger partial charge in [-0.15, -0.1) is 0 Å². The monoisotopic (exact) mass is 431 g/mol. The van der Waals surface area contributed by atoms with Crippen LogP contribution in [0.4, 0.5) is 5.69 Å². The number of carbonyl (C=O) groups excluding carboxylic acids is 1. The molecule has 0 bridgehead atoms. The molecule has 0 saturated carbocycles. The largest absolute Gasteiger partial charge is 0.365 e. The fourth-order valence-electron chi connectivity index (χ4n) is 3.00. The minimum Gasteiger partial charge on any atom is -0.365 e. The second-order valence-corrected chi connectivity index (χ2v) is 7.24. The first-order valence-electron chi connectivity index (χ1n) is 8.44. The van der Waals surface area contributed by atoms with E-state index in [0.717, 1.165) is 15.2 Å². The Morgan fingerprint density at radius 1 is 1.26 bits per heavy atom. The molecular formula is C19H18BrN3O4. The van der Waals surface area contributed by atoms with Crippen molar-refractivity contribution in [1.29, 1.82) is 0 Å². The molecule has 1 heterocycles. The Labute approximate surface area is 164 Å². The second kappa shape index (κ2) is 7.58. The zero-order valence-corrected chi connectivity index (χ0v) is 16.2. The molecule has 0 fully saturated rings. The van der Waals surface area contributed by atoms with Gasteiger partial charge in [-0.25, -0.2) is 0 Å². The normalized spacial score (nSPS) is 19.1. The Morgan fingerprint density at radius 2 is 1.89 bits per heavy atom. The highest BCUT2D eigenvalue weighted by Crippen LogP contribution is 2.37. The molecule has 0 radical (unpaired) electrons. The van der Waals surface area contributed by atoms with Gasteiger partial charge in [0.25, 0.3) is 5.69 Å². The van der Waals surface area contributed by atoms with Crippen LogP contribution >= 0.6 is 15.9 Å². The van der Waals surface area contributed by atoms with E-state index in [-0.39, 0.29) is 24.4 Å². The van der Waals surface area contributed by atoms with Crippen LogP contribution in [0.5, 0.6) is 0 Å². The lowest BCUT2D eigenvalue weighted by molar-refractivity contribution is -0.384. The molecule has 0 unspecified atom stereocenters. The van der Waals surface area contributed by atoms with E-state index in [2.05, 4.69) is 21.0 Å². The molecule has 7 nitrogen and oxygen atoms in total. The summed E-state index contributed by atoms with van der Waals surface area (Å²) in [7, 11) is 0. The zero-order chi connectivity index (χ0) is 19.6. The van der Waals surface area contributed by atoms with E-state index >= 15 is 0 Å². The van der Waals surface area contributed by atoms with Crippen molar-refractivity contribution in [2.45, 2.75) is 31.9 Å². The number of non-ortho nitro benzene ring substituents is 1. The number of halogens is 1. The summed E-state index contributed by atoms with van der Waals surface area (Å²) in [4.78, 5) is 23.1. The second-order valence-electron chi connectivity index (χ2n) is 6.33. The smallest absolute Gasteiger partial charge is 0.269 e. The van der Waals surface area contributed by atoms with Crippen LogP contribution in [0.15, 0.2) is 58.1 Å². The molecular weight excluding hydrogens is 414 g/mol. The van der Waals surface area contributed by atoms with Crippen LogP contribution in [0.2, 0.25) is 0 Å². The summed E-state index contributed by atoms with van der Waals surface area (Å²) < 4.78 is 0.869. The molecule has 1 N–H and O–H groups in total. The number of amides is 1. The Morgan fingerprint density at radius 3 is 2.44 bits per heavy atom. The summed E-state index contributed by atoms with van der Waals surface area (Å²) in [5.41, 5.74) is 0.352. The van der Waals surface area contributed by atoms with Gasteiger partial charge in [0.2, 0.25) is 5.91 Å². The van der Waals surface area contributed by atoms with Gasteiger partial charge in [-0.2, -0.15) is 10.1 Å². The first kappa shape index (κ1) is 19.2. The van der Waals surface area contributed by atoms with Crippen LogP contribution in [0.3, 0.4) is 0 Å². The maximum atomic E-state index is 12.9. The van der Waals surface area contributed by atoms with Crippen LogP contribution in [0.25, 0.3) is 0 Å². The van der Waals surface area contributed by atoms with Crippen molar-refractivity contribution >= 4 is 33.2 Å². The molecule has 1 atom stereocenters. The van der Waals surface area contributed by atoms with E-state index in [0.29, 0.717) is 17.5 Å². The van der Waals surface area contributed by atoms with E-state index in [1.54, 1.807) is 24.3 Å². The number of aliphatic hydroxyl groups is 1. The minimum absolute atomic E-state index is 0.0165. The molecule has 0 aromatic heterocycles. The minimum atomic E-state index is -1.54. The molecule has 2 aromatic carbocycles. The molecule has 1 aliphatic rings. The topological polar surface area (TPSA) is 96.0 Å². The number of rotatable bonds is 5. The van der Waals surface area contributed by atoms with Gasteiger partial charge in [-0.1, -0.05) is 47.1 Å². The van der Waals surface area contributed by atoms with Gasteiger partial charge >= 0.3 is 0 Å². The number of nitrogens with zero attached hydrogens (tertiary/aromatic N) is 3. The van der Waals surface area contributed by atoms with Gasteiger partial charge in [0.15, 0.2) is 5.72 Å². The van der Waals surface area contributed by atoms with E-state index in [4.69, 9.17) is 0 Å². The van der Waals surface area contributed by atoms with E-state index < -0.39 is 10.6 Å². The predicted octanol–water partition coefficient (Wildman–Crippen LogP) is 3.74. The van der Waals surface area contributed by atoms with Crippen molar-refractivity contribution < 1.29 is 14.8 Å². The number of hydrazone groups is 1. The lowest BCUT2D eigenvalue weighted by Gasteiger charge is -2.31. The van der Waals surface area contributed by atoms with E-state index in [9.17, 15) is 20.0 Å². The molecule has 27 heavy (non-hydrogen) atoms. The molecule has 2 aromatic rings. The van der Waals surface area contributed by atoms with Gasteiger partial charge in [-0.3, -0.25) is 14.9 Å². The van der Waals surface area contributed by atoms with E-state index in [1.165, 1.54) is 24.3 Å². The van der Waals surface area contributed by atoms with Crippen molar-refractivity contribution in [1.82, 2.24) is 5.01 Å². The highest BCUT2D eigenvalue weighted by Gasteiger charge is 2.45. The van der Waals surface area contributed by atoms with Gasteiger partial charge in [0.05, 0.1) is 11.3 Å². The highest BCUT2D eigenvalue weighted by atomic mass is 79.9. The number of nitro groups is 1. The number of hydrogen-bond acceptors (Lipinski definition) is 5. The van der Waals surface area contributed by atoms with Crippen LogP contribution in [0, 0.1) is 10.1 Å². The zero-order valence-electron chi connectivity index (χ0n) is 14.6. The van der Waals surface area contributed by atoms with Crippen molar-refractivity contribution in [3.05, 3.63) is 74.2 Å². The van der Waals surface area contributed by atoms with Crippen molar-refractivity contribution in [2.75, 3.05) is 0 Å². The van der Waals surface area contributed by atoms with Gasteiger partial charge in [0.1, 0.15) is 0 Å². The molecule has 0 saturated heterocycles. The molecule has 8 heteroatoms. The SMILES string of the molecule is CCC1=NN(C(=O)Cc2ccc([N+](=O)[O-])cc2)[C@@](O)(c2ccc(Br)cc2)C1. The van der Waals surface area contributed by atoms with E-state index in [1.807, 2.05) is 6.92 Å². The Hall–Kier alpha value is -2.58. The maximum Gasteiger partial charge on any atom is 0.269 e. The summed E-state index contributed by atoms with van der Waals surface area (Å²) in [5.74, 6) is -0.377. The van der Waals surface area contributed by atoms with Crippen LogP contribution in [-0.2, 0) is 16.9 Å². The summed E-state index contributed by atoms with van der Waals surface area (Å²) in [5, 5.41) is 27.5. The fourth-order valence-corrected chi connectivity index (χ4v) is 3.27. The number of nitro benzene ring substituents is 1. The summed E-state index contributed by atoms with van der Waals surface area (Å²) in [6, 6.07) is 12.9. The third-order valence-corrected chi connectivity index (χ3v) is 5.02. The first-order chi connectivity index (χ1) is 12.8. The lowest BCUT2D eigenvalue weighted by atomic mass is 9.96. The van der Waals surface area contributed by atoms with Crippen LogP contribution in [0.1, 0.15) is 30.9 Å². The molecule has 3 rings (SSSR count). The highest BCUT2D eigenvalue weighted by molar-refractivity contribution is 9.10. The van der Waals surface area contributed by atoms with Crippen LogP contribution < -0.4 is 0 Å². The Kier molecular flexibility index (Phi) is 5.38. The molecule has 1 amide bonds. The van der Waals surface area contributed by atoms with Crippen molar-refractivity contribution in [3.63, 3.8) is 0 Å². The van der Waals surface area contributed by atoms with Gasteiger partial charge in [-0.05, 0) is 24.1 Å².